The van der Waals surface area contributed by atoms with E-state index < -0.39 is 17.7 Å². The molecule has 0 saturated carbocycles. The van der Waals surface area contributed by atoms with E-state index >= 15 is 0 Å². The number of Topliss-reactive ketones (excluding diaryl/α,β-unsaturated/α-hetero) is 1. The number of morpholine rings is 1. The number of amides is 3. The number of thiazole rings is 2. The SMILES string of the molecule is CN(Cc1csc(C(C)(C)O)n1)C(=O)NC(CCN1CCOCC1)C(=O)CC(CCC(Cc1ccccc1)NC(=O)OCc1cncs1)Cc1ccccc1. The minimum Gasteiger partial charge on any atom is -0.444 e. The number of nitrogens with zero attached hydrogens (tertiary/aromatic N) is 4. The molecule has 12 nitrogen and oxygen atoms in total. The quantitative estimate of drug-likeness (QED) is 0.0954. The third-order valence-corrected chi connectivity index (χ3v) is 11.6. The summed E-state index contributed by atoms with van der Waals surface area (Å²) in [5, 5.41) is 18.9. The van der Waals surface area contributed by atoms with Crippen LogP contribution in [0.3, 0.4) is 0 Å². The number of carbonyl (C=O) groups excluding carboxylic acids is 3. The Kier molecular flexibility index (Phi) is 16.2. The molecular formula is C41H54N6O6S2. The summed E-state index contributed by atoms with van der Waals surface area (Å²) < 4.78 is 11.1. The molecule has 3 amide bonds. The summed E-state index contributed by atoms with van der Waals surface area (Å²) in [5.74, 6) is -0.0654. The zero-order valence-corrected chi connectivity index (χ0v) is 33.7. The number of aliphatic hydroxyl groups is 1. The lowest BCUT2D eigenvalue weighted by atomic mass is 9.86. The Morgan fingerprint density at radius 2 is 1.65 bits per heavy atom. The van der Waals surface area contributed by atoms with E-state index in [-0.39, 0.29) is 43.3 Å². The van der Waals surface area contributed by atoms with Crippen LogP contribution in [0.1, 0.15) is 66.2 Å². The second-order valence-corrected chi connectivity index (χ2v) is 16.5. The number of benzene rings is 2. The molecule has 3 N–H and O–H groups in total. The lowest BCUT2D eigenvalue weighted by Crippen LogP contribution is -2.49. The van der Waals surface area contributed by atoms with Crippen molar-refractivity contribution in [3.05, 3.63) is 104 Å². The number of carbonyl (C=O) groups is 3. The van der Waals surface area contributed by atoms with Gasteiger partial charge < -0.3 is 30.1 Å². The molecule has 55 heavy (non-hydrogen) atoms. The third kappa shape index (κ3) is 14.4. The lowest BCUT2D eigenvalue weighted by Gasteiger charge is -2.29. The Morgan fingerprint density at radius 1 is 0.964 bits per heavy atom. The number of nitrogens with one attached hydrogen (secondary N) is 2. The maximum atomic E-state index is 14.3. The van der Waals surface area contributed by atoms with E-state index in [9.17, 15) is 19.5 Å². The maximum Gasteiger partial charge on any atom is 0.407 e. The summed E-state index contributed by atoms with van der Waals surface area (Å²) in [4.78, 5) is 54.2. The molecule has 2 aromatic carbocycles. The van der Waals surface area contributed by atoms with Gasteiger partial charge in [-0.25, -0.2) is 14.6 Å². The molecule has 4 aromatic rings. The second kappa shape index (κ2) is 21.2. The fourth-order valence-corrected chi connectivity index (χ4v) is 7.89. The van der Waals surface area contributed by atoms with Crippen LogP contribution in [0, 0.1) is 5.92 Å². The Labute approximate surface area is 332 Å². The number of hydrogen-bond acceptors (Lipinski definition) is 11. The lowest BCUT2D eigenvalue weighted by molar-refractivity contribution is -0.122. The zero-order chi connectivity index (χ0) is 39.0. The van der Waals surface area contributed by atoms with Gasteiger partial charge in [-0.1, -0.05) is 60.7 Å². The molecule has 296 valence electrons. The van der Waals surface area contributed by atoms with Crippen molar-refractivity contribution in [2.24, 2.45) is 5.92 Å². The Balaban J connectivity index is 1.28. The average Bonchev–Trinajstić information content (AvgIpc) is 3.89. The maximum absolute atomic E-state index is 14.3. The molecule has 3 atom stereocenters. The van der Waals surface area contributed by atoms with Crippen molar-refractivity contribution in [1.82, 2.24) is 30.4 Å². The molecule has 1 saturated heterocycles. The van der Waals surface area contributed by atoms with Crippen molar-refractivity contribution in [3.8, 4) is 0 Å². The number of ether oxygens (including phenoxy) is 2. The van der Waals surface area contributed by atoms with Gasteiger partial charge in [-0.05, 0) is 63.0 Å². The fourth-order valence-electron chi connectivity index (χ4n) is 6.55. The van der Waals surface area contributed by atoms with Crippen LogP contribution < -0.4 is 10.6 Å². The summed E-state index contributed by atoms with van der Waals surface area (Å²) in [5.41, 5.74) is 3.52. The van der Waals surface area contributed by atoms with Crippen LogP contribution in [0.5, 0.6) is 0 Å². The molecule has 3 heterocycles. The van der Waals surface area contributed by atoms with E-state index in [1.807, 2.05) is 53.9 Å². The highest BCUT2D eigenvalue weighted by Crippen LogP contribution is 2.25. The third-order valence-electron chi connectivity index (χ3n) is 9.60. The van der Waals surface area contributed by atoms with E-state index in [1.165, 1.54) is 27.6 Å². The van der Waals surface area contributed by atoms with Gasteiger partial charge in [0, 0.05) is 50.7 Å². The van der Waals surface area contributed by atoms with Gasteiger partial charge >= 0.3 is 12.1 Å². The van der Waals surface area contributed by atoms with Crippen molar-refractivity contribution < 1.29 is 29.0 Å². The van der Waals surface area contributed by atoms with Crippen molar-refractivity contribution in [3.63, 3.8) is 0 Å². The molecule has 2 aromatic heterocycles. The Bertz CT molecular complexity index is 1750. The number of rotatable bonds is 20. The first-order valence-corrected chi connectivity index (χ1v) is 20.7. The van der Waals surface area contributed by atoms with Gasteiger partial charge in [0.1, 0.15) is 17.2 Å². The Hall–Kier alpha value is -4.21. The summed E-state index contributed by atoms with van der Waals surface area (Å²) in [7, 11) is 1.68. The van der Waals surface area contributed by atoms with Crippen LogP contribution in [0.25, 0.3) is 0 Å². The predicted octanol–water partition coefficient (Wildman–Crippen LogP) is 6.20. The van der Waals surface area contributed by atoms with Crippen LogP contribution in [-0.4, -0.2) is 94.8 Å². The summed E-state index contributed by atoms with van der Waals surface area (Å²) in [6.45, 7) is 7.25. The molecular weight excluding hydrogens is 737 g/mol. The van der Waals surface area contributed by atoms with Gasteiger partial charge in [0.25, 0.3) is 0 Å². The Morgan fingerprint density at radius 3 is 2.29 bits per heavy atom. The van der Waals surface area contributed by atoms with Crippen LogP contribution in [0.15, 0.2) is 77.8 Å². The predicted molar refractivity (Wildman–Crippen MR) is 215 cm³/mol. The molecule has 1 aliphatic rings. The van der Waals surface area contributed by atoms with Gasteiger partial charge in [0.15, 0.2) is 5.78 Å². The van der Waals surface area contributed by atoms with Gasteiger partial charge in [-0.3, -0.25) is 14.7 Å². The minimum atomic E-state index is -1.07. The topological polar surface area (TPSA) is 146 Å². The summed E-state index contributed by atoms with van der Waals surface area (Å²) in [6, 6.07) is 18.9. The monoisotopic (exact) mass is 790 g/mol. The number of urea groups is 1. The summed E-state index contributed by atoms with van der Waals surface area (Å²) in [6.07, 6.45) is 4.53. The van der Waals surface area contributed by atoms with Crippen molar-refractivity contribution in [2.45, 2.75) is 83.2 Å². The molecule has 14 heteroatoms. The van der Waals surface area contributed by atoms with Gasteiger partial charge in [-0.2, -0.15) is 0 Å². The molecule has 3 unspecified atom stereocenters. The summed E-state index contributed by atoms with van der Waals surface area (Å²) >= 11 is 2.78. The standard InChI is InChI=1S/C41H54N6O6S2/c1-41(2,51)38-43-34(28-54-38)26-46(3)39(49)45-36(16-17-47-18-20-52-21-19-47)37(48)24-32(22-30-10-6-4-7-11-30)14-15-33(23-31-12-8-5-9-13-31)44-40(50)53-27-35-25-42-29-55-35/h4-13,25,28-29,32-33,36,51H,14-24,26-27H2,1-3H3,(H,44,50)(H,45,49). The number of aromatic nitrogens is 2. The highest BCUT2D eigenvalue weighted by Gasteiger charge is 2.28. The molecule has 1 fully saturated rings. The van der Waals surface area contributed by atoms with Crippen molar-refractivity contribution >= 4 is 40.6 Å². The zero-order valence-electron chi connectivity index (χ0n) is 32.0. The number of hydrogen-bond donors (Lipinski definition) is 3. The van der Waals surface area contributed by atoms with Gasteiger partial charge in [-0.15, -0.1) is 22.7 Å². The van der Waals surface area contributed by atoms with Crippen molar-refractivity contribution in [1.29, 1.82) is 0 Å². The van der Waals surface area contributed by atoms with Crippen LogP contribution in [0.2, 0.25) is 0 Å². The minimum absolute atomic E-state index is 0.0227. The largest absolute Gasteiger partial charge is 0.444 e. The first-order valence-electron chi connectivity index (χ1n) is 18.9. The smallest absolute Gasteiger partial charge is 0.407 e. The molecule has 5 rings (SSSR count). The average molecular weight is 791 g/mol. The first kappa shape index (κ1) is 41.9. The van der Waals surface area contributed by atoms with Gasteiger partial charge in [0.05, 0.1) is 41.9 Å². The van der Waals surface area contributed by atoms with Crippen LogP contribution in [0.4, 0.5) is 9.59 Å². The van der Waals surface area contributed by atoms with Crippen LogP contribution >= 0.6 is 22.7 Å². The highest BCUT2D eigenvalue weighted by molar-refractivity contribution is 7.10. The van der Waals surface area contributed by atoms with Gasteiger partial charge in [0.2, 0.25) is 0 Å². The van der Waals surface area contributed by atoms with Crippen molar-refractivity contribution in [2.75, 3.05) is 39.9 Å². The molecule has 1 aliphatic heterocycles. The van der Waals surface area contributed by atoms with E-state index in [1.54, 1.807) is 32.6 Å². The molecule has 0 spiro atoms. The first-order chi connectivity index (χ1) is 26.5. The highest BCUT2D eigenvalue weighted by atomic mass is 32.1. The normalized spacial score (nSPS) is 15.1. The second-order valence-electron chi connectivity index (χ2n) is 14.7. The van der Waals surface area contributed by atoms with Crippen LogP contribution in [-0.2, 0) is 45.9 Å². The van der Waals surface area contributed by atoms with E-state index in [0.717, 1.165) is 29.1 Å². The van der Waals surface area contributed by atoms with E-state index in [4.69, 9.17) is 9.47 Å². The number of ketones is 1. The van der Waals surface area contributed by atoms with E-state index in [2.05, 4.69) is 37.6 Å². The fraction of sp³-hybridized carbons (Fsp3) is 0.488. The van der Waals surface area contributed by atoms with E-state index in [0.29, 0.717) is 62.6 Å². The molecule has 0 radical (unpaired) electrons. The number of alkyl carbamates (subject to hydrolysis) is 1. The molecule has 0 aliphatic carbocycles. The molecule has 0 bridgehead atoms.